The third-order valence-corrected chi connectivity index (χ3v) is 2.74. The number of phenolic OH excluding ortho intramolecular Hbond substituents is 2. The predicted molar refractivity (Wildman–Crippen MR) is 82.2 cm³/mol. The van der Waals surface area contributed by atoms with Crippen LogP contribution in [0.2, 0.25) is 0 Å². The lowest BCUT2D eigenvalue weighted by molar-refractivity contribution is -0.112. The molecule has 0 aromatic heterocycles. The number of nitriles is 1. The van der Waals surface area contributed by atoms with Crippen molar-refractivity contribution in [2.75, 3.05) is 10.6 Å². The average Bonchev–Trinajstić information content (AvgIpc) is 2.52. The summed E-state index contributed by atoms with van der Waals surface area (Å²) in [5, 5.41) is 32.7. The first-order valence-electron chi connectivity index (χ1n) is 6.35. The van der Waals surface area contributed by atoms with Crippen LogP contribution in [0.1, 0.15) is 0 Å². The van der Waals surface area contributed by atoms with Crippen molar-refractivity contribution in [3.63, 3.8) is 0 Å². The number of benzene rings is 2. The Morgan fingerprint density at radius 2 is 1.45 bits per heavy atom. The Balaban J connectivity index is 2.05. The summed E-state index contributed by atoms with van der Waals surface area (Å²) < 4.78 is 0. The Hall–Kier alpha value is -3.46. The van der Waals surface area contributed by atoms with Crippen LogP contribution in [0.25, 0.3) is 0 Å². The highest BCUT2D eigenvalue weighted by molar-refractivity contribution is 6.06. The van der Waals surface area contributed by atoms with Crippen LogP contribution in [0.3, 0.4) is 0 Å². The van der Waals surface area contributed by atoms with Crippen LogP contribution in [0, 0.1) is 11.3 Å². The van der Waals surface area contributed by atoms with Crippen LogP contribution in [0.15, 0.2) is 60.3 Å². The molecule has 110 valence electrons. The third kappa shape index (κ3) is 4.02. The molecule has 0 bridgehead atoms. The van der Waals surface area contributed by atoms with Crippen molar-refractivity contribution in [1.29, 1.82) is 5.26 Å². The number of hydrogen-bond acceptors (Lipinski definition) is 5. The quantitative estimate of drug-likeness (QED) is 0.394. The normalized spacial score (nSPS) is 10.6. The molecule has 2 aromatic carbocycles. The fourth-order valence-electron chi connectivity index (χ4n) is 1.60. The molecule has 22 heavy (non-hydrogen) atoms. The summed E-state index contributed by atoms with van der Waals surface area (Å²) >= 11 is 0. The fourth-order valence-corrected chi connectivity index (χ4v) is 1.60. The molecule has 0 aliphatic carbocycles. The lowest BCUT2D eigenvalue weighted by atomic mass is 10.2. The number of rotatable bonds is 4. The second-order valence-corrected chi connectivity index (χ2v) is 4.36. The van der Waals surface area contributed by atoms with Crippen LogP contribution in [-0.4, -0.2) is 16.1 Å². The number of phenols is 2. The number of carbonyl (C=O) groups is 1. The molecule has 0 aliphatic heterocycles. The first-order valence-corrected chi connectivity index (χ1v) is 6.35. The highest BCUT2D eigenvalue weighted by Crippen LogP contribution is 2.16. The molecule has 2 rings (SSSR count). The molecule has 0 saturated heterocycles. The van der Waals surface area contributed by atoms with Crippen molar-refractivity contribution in [3.05, 3.63) is 60.3 Å². The van der Waals surface area contributed by atoms with Gasteiger partial charge in [-0.3, -0.25) is 4.79 Å². The van der Waals surface area contributed by atoms with Gasteiger partial charge in [-0.25, -0.2) is 0 Å². The van der Waals surface area contributed by atoms with Crippen molar-refractivity contribution in [1.82, 2.24) is 0 Å². The highest BCUT2D eigenvalue weighted by Gasteiger charge is 2.09. The smallest absolute Gasteiger partial charge is 0.267 e. The molecule has 1 amide bonds. The van der Waals surface area contributed by atoms with Gasteiger partial charge in [-0.05, 0) is 48.5 Å². The molecule has 2 aromatic rings. The molecular formula is C16H13N3O3. The Bertz CT molecular complexity index is 729. The van der Waals surface area contributed by atoms with E-state index in [4.69, 9.17) is 5.26 Å². The molecule has 0 heterocycles. The van der Waals surface area contributed by atoms with Crippen molar-refractivity contribution in [2.45, 2.75) is 0 Å². The predicted octanol–water partition coefficient (Wildman–Crippen LogP) is 2.56. The van der Waals surface area contributed by atoms with Crippen molar-refractivity contribution in [2.24, 2.45) is 0 Å². The maximum atomic E-state index is 12.0. The number of hydrogen-bond donors (Lipinski definition) is 4. The van der Waals surface area contributed by atoms with E-state index in [0.717, 1.165) is 0 Å². The van der Waals surface area contributed by atoms with Crippen LogP contribution >= 0.6 is 0 Å². The van der Waals surface area contributed by atoms with Gasteiger partial charge in [0.2, 0.25) is 0 Å². The first-order chi connectivity index (χ1) is 10.6. The van der Waals surface area contributed by atoms with Gasteiger partial charge in [0.25, 0.3) is 5.91 Å². The van der Waals surface area contributed by atoms with E-state index in [-0.39, 0.29) is 17.1 Å². The van der Waals surface area contributed by atoms with Crippen LogP contribution in [0.4, 0.5) is 11.4 Å². The van der Waals surface area contributed by atoms with Crippen LogP contribution in [0.5, 0.6) is 11.5 Å². The lowest BCUT2D eigenvalue weighted by Crippen LogP contribution is -2.14. The zero-order valence-electron chi connectivity index (χ0n) is 11.4. The minimum atomic E-state index is -0.570. The Kier molecular flexibility index (Phi) is 4.63. The third-order valence-electron chi connectivity index (χ3n) is 2.74. The van der Waals surface area contributed by atoms with E-state index in [1.165, 1.54) is 42.6 Å². The van der Waals surface area contributed by atoms with E-state index >= 15 is 0 Å². The largest absolute Gasteiger partial charge is 0.508 e. The molecule has 0 fully saturated rings. The Morgan fingerprint density at radius 3 is 1.95 bits per heavy atom. The van der Waals surface area contributed by atoms with Gasteiger partial charge in [0, 0.05) is 17.6 Å². The van der Waals surface area contributed by atoms with E-state index < -0.39 is 5.91 Å². The van der Waals surface area contributed by atoms with E-state index in [1.54, 1.807) is 18.2 Å². The number of aromatic hydroxyl groups is 2. The number of anilines is 2. The standard InChI is InChI=1S/C16H13N3O3/c17-9-11(10-18-12-1-5-14(20)6-2-12)16(22)19-13-3-7-15(21)8-4-13/h1-8,10,18,20-21H,(H,19,22)/b11-10-. The molecule has 0 unspecified atom stereocenters. The minimum Gasteiger partial charge on any atom is -0.508 e. The van der Waals surface area contributed by atoms with Crippen molar-refractivity contribution >= 4 is 17.3 Å². The van der Waals surface area contributed by atoms with Crippen LogP contribution < -0.4 is 10.6 Å². The highest BCUT2D eigenvalue weighted by atomic mass is 16.3. The Morgan fingerprint density at radius 1 is 0.955 bits per heavy atom. The van der Waals surface area contributed by atoms with Crippen molar-refractivity contribution in [3.8, 4) is 17.6 Å². The summed E-state index contributed by atoms with van der Waals surface area (Å²) in [6.07, 6.45) is 1.28. The molecule has 0 radical (unpaired) electrons. The van der Waals surface area contributed by atoms with Gasteiger partial charge >= 0.3 is 0 Å². The van der Waals surface area contributed by atoms with Gasteiger partial charge in [-0.2, -0.15) is 5.26 Å². The monoisotopic (exact) mass is 295 g/mol. The lowest BCUT2D eigenvalue weighted by Gasteiger charge is -2.05. The first kappa shape index (κ1) is 14.9. The topological polar surface area (TPSA) is 105 Å². The van der Waals surface area contributed by atoms with E-state index in [2.05, 4.69) is 10.6 Å². The van der Waals surface area contributed by atoms with Gasteiger partial charge in [0.1, 0.15) is 23.1 Å². The summed E-state index contributed by atoms with van der Waals surface area (Å²) in [6, 6.07) is 13.9. The van der Waals surface area contributed by atoms with Gasteiger partial charge in [0.05, 0.1) is 0 Å². The summed E-state index contributed by atoms with van der Waals surface area (Å²) in [5.41, 5.74) is 0.984. The molecule has 6 nitrogen and oxygen atoms in total. The number of amides is 1. The Labute approximate surface area is 127 Å². The minimum absolute atomic E-state index is 0.0862. The summed E-state index contributed by atoms with van der Waals surface area (Å²) in [4.78, 5) is 12.0. The average molecular weight is 295 g/mol. The molecular weight excluding hydrogens is 282 g/mol. The summed E-state index contributed by atoms with van der Waals surface area (Å²) in [5.74, 6) is -0.359. The van der Waals surface area contributed by atoms with Gasteiger partial charge in [-0.1, -0.05) is 0 Å². The van der Waals surface area contributed by atoms with Crippen LogP contribution in [-0.2, 0) is 4.79 Å². The van der Waals surface area contributed by atoms with E-state index in [0.29, 0.717) is 11.4 Å². The molecule has 4 N–H and O–H groups in total. The SMILES string of the molecule is N#C/C(=C/Nc1ccc(O)cc1)C(=O)Nc1ccc(O)cc1. The number of nitrogens with one attached hydrogen (secondary N) is 2. The fraction of sp³-hybridized carbons (Fsp3) is 0. The maximum Gasteiger partial charge on any atom is 0.267 e. The second kappa shape index (κ2) is 6.81. The van der Waals surface area contributed by atoms with Crippen molar-refractivity contribution < 1.29 is 15.0 Å². The zero-order valence-corrected chi connectivity index (χ0v) is 11.4. The zero-order chi connectivity index (χ0) is 15.9. The molecule has 0 saturated carbocycles. The van der Waals surface area contributed by atoms with Gasteiger partial charge in [-0.15, -0.1) is 0 Å². The van der Waals surface area contributed by atoms with E-state index in [9.17, 15) is 15.0 Å². The molecule has 0 aliphatic rings. The second-order valence-electron chi connectivity index (χ2n) is 4.36. The van der Waals surface area contributed by atoms with Gasteiger partial charge < -0.3 is 20.8 Å². The maximum absolute atomic E-state index is 12.0. The molecule has 0 spiro atoms. The molecule has 6 heteroatoms. The van der Waals surface area contributed by atoms with Gasteiger partial charge in [0.15, 0.2) is 0 Å². The summed E-state index contributed by atoms with van der Waals surface area (Å²) in [7, 11) is 0. The number of carbonyl (C=O) groups excluding carboxylic acids is 1. The number of nitrogens with zero attached hydrogens (tertiary/aromatic N) is 1. The van der Waals surface area contributed by atoms with E-state index in [1.807, 2.05) is 0 Å². The molecule has 0 atom stereocenters. The summed E-state index contributed by atoms with van der Waals surface area (Å²) in [6.45, 7) is 0.